The second-order valence-electron chi connectivity index (χ2n) is 7.62. The summed E-state index contributed by atoms with van der Waals surface area (Å²) in [5, 5.41) is 11.3. The van der Waals surface area contributed by atoms with E-state index in [9.17, 15) is 24.3 Å². The van der Waals surface area contributed by atoms with Crippen LogP contribution in [0.25, 0.3) is 6.08 Å². The molecule has 2 N–H and O–H groups in total. The number of carbonyl (C=O) groups is 4. The summed E-state index contributed by atoms with van der Waals surface area (Å²) in [6, 6.07) is 12.1. The molecule has 3 aromatic rings. The number of furan rings is 1. The number of benzene rings is 2. The number of carboxylic acids is 1. The largest absolute Gasteiger partial charge is 0.493 e. The third-order valence-corrected chi connectivity index (χ3v) is 6.00. The molecule has 11 heteroatoms. The van der Waals surface area contributed by atoms with E-state index in [1.807, 2.05) is 22.6 Å². The van der Waals surface area contributed by atoms with E-state index in [-0.39, 0.29) is 24.3 Å². The molecule has 0 saturated carbocycles. The number of nitrogens with one attached hydrogen (secondary N) is 1. The van der Waals surface area contributed by atoms with E-state index in [0.29, 0.717) is 32.0 Å². The third kappa shape index (κ3) is 5.40. The zero-order chi connectivity index (χ0) is 25.8. The van der Waals surface area contributed by atoms with Gasteiger partial charge in [0, 0.05) is 0 Å². The average Bonchev–Trinajstić information content (AvgIpc) is 3.37. The normalized spacial score (nSPS) is 14.7. The summed E-state index contributed by atoms with van der Waals surface area (Å²) in [4.78, 5) is 49.7. The molecule has 10 nitrogen and oxygen atoms in total. The lowest BCUT2D eigenvalue weighted by Crippen LogP contribution is -2.53. The van der Waals surface area contributed by atoms with Gasteiger partial charge in [-0.05, 0) is 76.2 Å². The molecule has 1 aliphatic heterocycles. The number of halogens is 1. The maximum absolute atomic E-state index is 13.0. The second kappa shape index (κ2) is 10.6. The van der Waals surface area contributed by atoms with E-state index in [2.05, 4.69) is 5.32 Å². The van der Waals surface area contributed by atoms with Crippen molar-refractivity contribution < 1.29 is 38.2 Å². The topological polar surface area (TPSA) is 135 Å². The first-order chi connectivity index (χ1) is 17.3. The fourth-order valence-corrected chi connectivity index (χ4v) is 4.26. The molecule has 0 unspecified atom stereocenters. The van der Waals surface area contributed by atoms with E-state index in [4.69, 9.17) is 13.9 Å². The molecular weight excluding hydrogens is 583 g/mol. The smallest absolute Gasteiger partial charge is 0.335 e. The molecule has 1 saturated heterocycles. The van der Waals surface area contributed by atoms with Gasteiger partial charge in [-0.2, -0.15) is 0 Å². The van der Waals surface area contributed by atoms with Crippen molar-refractivity contribution in [3.8, 4) is 11.5 Å². The van der Waals surface area contributed by atoms with Crippen molar-refractivity contribution >= 4 is 52.5 Å². The van der Waals surface area contributed by atoms with Crippen LogP contribution >= 0.6 is 22.6 Å². The van der Waals surface area contributed by atoms with Gasteiger partial charge in [0.2, 0.25) is 0 Å². The number of rotatable bonds is 8. The van der Waals surface area contributed by atoms with Gasteiger partial charge < -0.3 is 19.0 Å². The Morgan fingerprint density at radius 2 is 1.97 bits per heavy atom. The average molecular weight is 602 g/mol. The minimum atomic E-state index is -1.04. The predicted octanol–water partition coefficient (Wildman–Crippen LogP) is 3.83. The van der Waals surface area contributed by atoms with Crippen molar-refractivity contribution in [2.75, 3.05) is 7.11 Å². The van der Waals surface area contributed by atoms with Gasteiger partial charge in [0.1, 0.15) is 17.9 Å². The molecule has 0 atom stereocenters. The highest BCUT2D eigenvalue weighted by molar-refractivity contribution is 14.1. The first kappa shape index (κ1) is 25.0. The summed E-state index contributed by atoms with van der Waals surface area (Å²) in [5.41, 5.74) is 1.06. The van der Waals surface area contributed by atoms with Crippen molar-refractivity contribution in [3.63, 3.8) is 0 Å². The maximum Gasteiger partial charge on any atom is 0.335 e. The Morgan fingerprint density at radius 3 is 2.67 bits per heavy atom. The summed E-state index contributed by atoms with van der Waals surface area (Å²) in [7, 11) is 1.45. The fraction of sp³-hybridized carbons (Fsp3) is 0.120. The molecule has 0 bridgehead atoms. The molecular formula is C25H19IN2O8. The molecule has 0 aliphatic carbocycles. The highest BCUT2D eigenvalue weighted by Crippen LogP contribution is 2.35. The van der Waals surface area contributed by atoms with Crippen LogP contribution < -0.4 is 14.8 Å². The van der Waals surface area contributed by atoms with Crippen LogP contribution in [0.5, 0.6) is 11.5 Å². The van der Waals surface area contributed by atoms with E-state index in [0.717, 1.165) is 4.90 Å². The van der Waals surface area contributed by atoms with E-state index >= 15 is 0 Å². The number of barbiturate groups is 1. The van der Waals surface area contributed by atoms with Gasteiger partial charge in [-0.15, -0.1) is 0 Å². The molecule has 0 spiro atoms. The van der Waals surface area contributed by atoms with Crippen LogP contribution in [-0.2, 0) is 22.7 Å². The highest BCUT2D eigenvalue weighted by atomic mass is 127. The van der Waals surface area contributed by atoms with Crippen LogP contribution in [0.4, 0.5) is 4.79 Å². The number of hydrogen-bond acceptors (Lipinski definition) is 7. The number of amides is 4. The zero-order valence-electron chi connectivity index (χ0n) is 18.8. The van der Waals surface area contributed by atoms with Crippen molar-refractivity contribution in [2.45, 2.75) is 13.2 Å². The van der Waals surface area contributed by atoms with E-state index in [1.54, 1.807) is 36.4 Å². The molecule has 1 fully saturated rings. The fourth-order valence-electron chi connectivity index (χ4n) is 3.48. The molecule has 0 radical (unpaired) electrons. The second-order valence-corrected chi connectivity index (χ2v) is 8.78. The van der Waals surface area contributed by atoms with Crippen LogP contribution in [-0.4, -0.2) is 40.9 Å². The maximum atomic E-state index is 13.0. The van der Waals surface area contributed by atoms with Crippen LogP contribution in [0.2, 0.25) is 0 Å². The predicted molar refractivity (Wildman–Crippen MR) is 134 cm³/mol. The van der Waals surface area contributed by atoms with Crippen LogP contribution in [0.3, 0.4) is 0 Å². The quantitative estimate of drug-likeness (QED) is 0.226. The van der Waals surface area contributed by atoms with Gasteiger partial charge in [-0.25, -0.2) is 9.59 Å². The number of aromatic carboxylic acids is 1. The number of carbonyl (C=O) groups excluding carboxylic acids is 3. The number of ether oxygens (including phenoxy) is 2. The van der Waals surface area contributed by atoms with E-state index in [1.165, 1.54) is 31.6 Å². The van der Waals surface area contributed by atoms with Crippen molar-refractivity contribution in [1.82, 2.24) is 10.2 Å². The van der Waals surface area contributed by atoms with E-state index < -0.39 is 23.8 Å². The molecule has 4 amide bonds. The summed E-state index contributed by atoms with van der Waals surface area (Å²) < 4.78 is 17.2. The first-order valence-corrected chi connectivity index (χ1v) is 11.6. The zero-order valence-corrected chi connectivity index (χ0v) is 21.0. The highest BCUT2D eigenvalue weighted by Gasteiger charge is 2.36. The molecule has 36 heavy (non-hydrogen) atoms. The van der Waals surface area contributed by atoms with Crippen LogP contribution in [0, 0.1) is 3.57 Å². The van der Waals surface area contributed by atoms with Crippen molar-refractivity contribution in [3.05, 3.63) is 86.4 Å². The number of methoxy groups -OCH3 is 1. The third-order valence-electron chi connectivity index (χ3n) is 5.20. The van der Waals surface area contributed by atoms with Crippen LogP contribution in [0.1, 0.15) is 27.2 Å². The SMILES string of the molecule is COc1cc(/C=C2\C(=O)NC(=O)N(Cc3ccco3)C2=O)cc(I)c1OCc1cccc(C(=O)O)c1. The first-order valence-electron chi connectivity index (χ1n) is 10.5. The summed E-state index contributed by atoms with van der Waals surface area (Å²) in [6.45, 7) is -0.0301. The number of carboxylic acid groups (broad SMARTS) is 1. The van der Waals surface area contributed by atoms with Gasteiger partial charge in [0.25, 0.3) is 11.8 Å². The number of imide groups is 2. The molecule has 4 rings (SSSR count). The molecule has 2 aromatic carbocycles. The molecule has 1 aromatic heterocycles. The lowest BCUT2D eigenvalue weighted by molar-refractivity contribution is -0.130. The van der Waals surface area contributed by atoms with Gasteiger partial charge in [-0.1, -0.05) is 12.1 Å². The lowest BCUT2D eigenvalue weighted by atomic mass is 10.1. The number of hydrogen-bond donors (Lipinski definition) is 2. The Morgan fingerprint density at radius 1 is 1.17 bits per heavy atom. The lowest BCUT2D eigenvalue weighted by Gasteiger charge is -2.25. The van der Waals surface area contributed by atoms with Crippen molar-refractivity contribution in [2.24, 2.45) is 0 Å². The Balaban J connectivity index is 1.58. The minimum Gasteiger partial charge on any atom is -0.493 e. The summed E-state index contributed by atoms with van der Waals surface area (Å²) in [6.07, 6.45) is 2.79. The van der Waals surface area contributed by atoms with Gasteiger partial charge >= 0.3 is 12.0 Å². The van der Waals surface area contributed by atoms with Crippen molar-refractivity contribution in [1.29, 1.82) is 0 Å². The number of urea groups is 1. The number of nitrogens with zero attached hydrogens (tertiary/aromatic N) is 1. The molecule has 2 heterocycles. The monoisotopic (exact) mass is 602 g/mol. The summed E-state index contributed by atoms with van der Waals surface area (Å²) >= 11 is 2.03. The van der Waals surface area contributed by atoms with Gasteiger partial charge in [0.15, 0.2) is 11.5 Å². The van der Waals surface area contributed by atoms with Gasteiger partial charge in [-0.3, -0.25) is 19.8 Å². The molecule has 184 valence electrons. The minimum absolute atomic E-state index is 0.0959. The Bertz CT molecular complexity index is 1380. The molecule has 1 aliphatic rings. The Hall–Kier alpha value is -4.13. The Labute approximate surface area is 218 Å². The Kier molecular flexibility index (Phi) is 7.38. The standard InChI is InChI=1S/C25H19IN2O8/c1-34-20-11-15(10-19(26)21(20)36-13-14-4-2-5-16(8-14)24(31)32)9-18-22(29)27-25(33)28(23(18)30)12-17-6-3-7-35-17/h2-11H,12-13H2,1H3,(H,31,32)(H,27,29,33)/b18-9+. The summed E-state index contributed by atoms with van der Waals surface area (Å²) in [5.74, 6) is -1.46. The van der Waals surface area contributed by atoms with Gasteiger partial charge in [0.05, 0.1) is 29.1 Å². The van der Waals surface area contributed by atoms with Crippen LogP contribution in [0.15, 0.2) is 64.8 Å².